The van der Waals surface area contributed by atoms with Gasteiger partial charge >= 0.3 is 0 Å². The molecule has 3 nitrogen and oxygen atoms in total. The lowest BCUT2D eigenvalue weighted by molar-refractivity contribution is 0.481. The molecule has 0 aliphatic rings. The smallest absolute Gasteiger partial charge is 0.138 e. The molecule has 0 saturated carbocycles. The number of anilines is 1. The van der Waals surface area contributed by atoms with E-state index in [0.29, 0.717) is 5.58 Å². The minimum atomic E-state index is 0.248. The first-order valence-corrected chi connectivity index (χ1v) is 6.14. The van der Waals surface area contributed by atoms with Crippen LogP contribution in [0.15, 0.2) is 52.9 Å². The molecule has 2 aromatic carbocycles. The van der Waals surface area contributed by atoms with Crippen LogP contribution in [0.5, 0.6) is 5.75 Å². The summed E-state index contributed by atoms with van der Waals surface area (Å²) in [6, 6.07) is 15.3. The predicted molar refractivity (Wildman–Crippen MR) is 77.6 cm³/mol. The van der Waals surface area contributed by atoms with E-state index in [1.807, 2.05) is 55.4 Å². The number of fused-ring (bicyclic) bond motifs is 1. The van der Waals surface area contributed by atoms with E-state index >= 15 is 0 Å². The maximum absolute atomic E-state index is 9.78. The summed E-state index contributed by atoms with van der Waals surface area (Å²) in [7, 11) is 4.02. The number of hydrogen-bond donors (Lipinski definition) is 1. The number of aromatic hydroxyl groups is 1. The summed E-state index contributed by atoms with van der Waals surface area (Å²) in [4.78, 5) is 2.05. The molecule has 0 fully saturated rings. The first-order chi connectivity index (χ1) is 9.15. The molecule has 0 saturated heterocycles. The molecule has 0 spiro atoms. The van der Waals surface area contributed by atoms with Crippen LogP contribution in [0, 0.1) is 0 Å². The lowest BCUT2D eigenvalue weighted by Crippen LogP contribution is -2.07. The summed E-state index contributed by atoms with van der Waals surface area (Å²) in [6.07, 6.45) is 0. The van der Waals surface area contributed by atoms with Crippen molar-refractivity contribution in [1.82, 2.24) is 0 Å². The Morgan fingerprint density at radius 1 is 1.00 bits per heavy atom. The molecular formula is C16H15NO2. The first kappa shape index (κ1) is 11.7. The second kappa shape index (κ2) is 4.35. The van der Waals surface area contributed by atoms with Crippen molar-refractivity contribution in [3.8, 4) is 17.1 Å². The fourth-order valence-corrected chi connectivity index (χ4v) is 2.11. The van der Waals surface area contributed by atoms with Gasteiger partial charge in [-0.1, -0.05) is 6.07 Å². The van der Waals surface area contributed by atoms with Gasteiger partial charge in [-0.2, -0.15) is 0 Å². The van der Waals surface area contributed by atoms with Crippen molar-refractivity contribution in [3.05, 3.63) is 48.5 Å². The Bertz CT molecular complexity index is 711. The summed E-state index contributed by atoms with van der Waals surface area (Å²) < 4.78 is 5.76. The van der Waals surface area contributed by atoms with E-state index in [-0.39, 0.29) is 5.75 Å². The Balaban J connectivity index is 2.06. The number of benzene rings is 2. The fraction of sp³-hybridized carbons (Fsp3) is 0.125. The van der Waals surface area contributed by atoms with E-state index in [0.717, 1.165) is 22.4 Å². The topological polar surface area (TPSA) is 36.6 Å². The number of nitrogens with zero attached hydrogens (tertiary/aromatic N) is 1. The van der Waals surface area contributed by atoms with Crippen molar-refractivity contribution in [2.24, 2.45) is 0 Å². The molecule has 0 bridgehead atoms. The van der Waals surface area contributed by atoms with Crippen molar-refractivity contribution >= 4 is 16.7 Å². The quantitative estimate of drug-likeness (QED) is 0.753. The van der Waals surface area contributed by atoms with Gasteiger partial charge in [0.1, 0.15) is 17.1 Å². The van der Waals surface area contributed by atoms with Gasteiger partial charge in [0.2, 0.25) is 0 Å². The number of furan rings is 1. The van der Waals surface area contributed by atoms with Gasteiger partial charge in [0.25, 0.3) is 0 Å². The fourth-order valence-electron chi connectivity index (χ4n) is 2.11. The van der Waals surface area contributed by atoms with Crippen LogP contribution in [0.2, 0.25) is 0 Å². The van der Waals surface area contributed by atoms with Crippen LogP contribution in [0.1, 0.15) is 0 Å². The zero-order chi connectivity index (χ0) is 13.4. The molecule has 96 valence electrons. The Morgan fingerprint density at radius 2 is 1.74 bits per heavy atom. The third kappa shape index (κ3) is 2.03. The number of phenolic OH excluding ortho intramolecular Hbond substituents is 1. The van der Waals surface area contributed by atoms with Crippen molar-refractivity contribution in [1.29, 1.82) is 0 Å². The van der Waals surface area contributed by atoms with Gasteiger partial charge in [0.05, 0.1) is 5.39 Å². The Labute approximate surface area is 111 Å². The zero-order valence-electron chi connectivity index (χ0n) is 10.9. The third-order valence-electron chi connectivity index (χ3n) is 3.21. The zero-order valence-corrected chi connectivity index (χ0v) is 10.9. The van der Waals surface area contributed by atoms with Crippen molar-refractivity contribution < 1.29 is 9.52 Å². The van der Waals surface area contributed by atoms with Crippen LogP contribution in [0.3, 0.4) is 0 Å². The molecule has 1 heterocycles. The highest BCUT2D eigenvalue weighted by molar-refractivity contribution is 5.88. The molecule has 0 amide bonds. The maximum atomic E-state index is 9.78. The molecule has 3 heteroatoms. The average Bonchev–Trinajstić information content (AvgIpc) is 2.84. The van der Waals surface area contributed by atoms with E-state index in [1.165, 1.54) is 0 Å². The van der Waals surface area contributed by atoms with Crippen molar-refractivity contribution in [3.63, 3.8) is 0 Å². The molecule has 0 aliphatic heterocycles. The van der Waals surface area contributed by atoms with Crippen LogP contribution in [0.25, 0.3) is 22.3 Å². The second-order valence-corrected chi connectivity index (χ2v) is 4.74. The van der Waals surface area contributed by atoms with E-state index in [1.54, 1.807) is 12.1 Å². The van der Waals surface area contributed by atoms with Gasteiger partial charge in [-0.05, 0) is 42.5 Å². The van der Waals surface area contributed by atoms with E-state index in [2.05, 4.69) is 0 Å². The molecule has 1 N–H and O–H groups in total. The molecule has 0 atom stereocenters. The minimum absolute atomic E-state index is 0.248. The largest absolute Gasteiger partial charge is 0.507 e. The molecule has 19 heavy (non-hydrogen) atoms. The van der Waals surface area contributed by atoms with Crippen LogP contribution >= 0.6 is 0 Å². The van der Waals surface area contributed by atoms with Gasteiger partial charge in [-0.25, -0.2) is 0 Å². The van der Waals surface area contributed by atoms with E-state index < -0.39 is 0 Å². The highest BCUT2D eigenvalue weighted by atomic mass is 16.3. The third-order valence-corrected chi connectivity index (χ3v) is 3.21. The molecule has 0 radical (unpaired) electrons. The molecule has 3 aromatic rings. The number of rotatable bonds is 2. The SMILES string of the molecule is CN(C)c1ccc(-c2cc3c(O)cccc3o2)cc1. The lowest BCUT2D eigenvalue weighted by Gasteiger charge is -2.11. The summed E-state index contributed by atoms with van der Waals surface area (Å²) in [6.45, 7) is 0. The summed E-state index contributed by atoms with van der Waals surface area (Å²) in [5, 5.41) is 10.5. The van der Waals surface area contributed by atoms with Crippen LogP contribution in [-0.2, 0) is 0 Å². The maximum Gasteiger partial charge on any atom is 0.138 e. The van der Waals surface area contributed by atoms with Crippen LogP contribution in [0.4, 0.5) is 5.69 Å². The van der Waals surface area contributed by atoms with Gasteiger partial charge in [0, 0.05) is 25.3 Å². The molecule has 0 aliphatic carbocycles. The number of phenols is 1. The van der Waals surface area contributed by atoms with E-state index in [9.17, 15) is 5.11 Å². The second-order valence-electron chi connectivity index (χ2n) is 4.74. The van der Waals surface area contributed by atoms with Gasteiger partial charge in [0.15, 0.2) is 0 Å². The predicted octanol–water partition coefficient (Wildman–Crippen LogP) is 3.87. The lowest BCUT2D eigenvalue weighted by atomic mass is 10.1. The highest BCUT2D eigenvalue weighted by Gasteiger charge is 2.09. The summed E-state index contributed by atoms with van der Waals surface area (Å²) in [5.74, 6) is 1.01. The highest BCUT2D eigenvalue weighted by Crippen LogP contribution is 2.33. The Hall–Kier alpha value is -2.42. The summed E-state index contributed by atoms with van der Waals surface area (Å²) in [5.41, 5.74) is 2.84. The van der Waals surface area contributed by atoms with Crippen LogP contribution < -0.4 is 4.90 Å². The van der Waals surface area contributed by atoms with Crippen molar-refractivity contribution in [2.45, 2.75) is 0 Å². The van der Waals surface area contributed by atoms with Crippen LogP contribution in [-0.4, -0.2) is 19.2 Å². The van der Waals surface area contributed by atoms with Gasteiger partial charge in [-0.15, -0.1) is 0 Å². The Morgan fingerprint density at radius 3 is 2.37 bits per heavy atom. The average molecular weight is 253 g/mol. The molecule has 3 rings (SSSR count). The van der Waals surface area contributed by atoms with Crippen molar-refractivity contribution in [2.75, 3.05) is 19.0 Å². The molecule has 1 aromatic heterocycles. The molecular weight excluding hydrogens is 238 g/mol. The van der Waals surface area contributed by atoms with Gasteiger partial charge in [-0.3, -0.25) is 0 Å². The molecule has 0 unspecified atom stereocenters. The normalized spacial score (nSPS) is 10.8. The van der Waals surface area contributed by atoms with E-state index in [4.69, 9.17) is 4.42 Å². The number of hydrogen-bond acceptors (Lipinski definition) is 3. The monoisotopic (exact) mass is 253 g/mol. The standard InChI is InChI=1S/C16H15NO2/c1-17(2)12-8-6-11(7-9-12)16-10-13-14(18)4-3-5-15(13)19-16/h3-10,18H,1-2H3. The minimum Gasteiger partial charge on any atom is -0.507 e. The first-order valence-electron chi connectivity index (χ1n) is 6.14. The van der Waals surface area contributed by atoms with Gasteiger partial charge < -0.3 is 14.4 Å². The summed E-state index contributed by atoms with van der Waals surface area (Å²) >= 11 is 0. The Kier molecular flexibility index (Phi) is 2.67.